The molecule has 0 saturated heterocycles. The van der Waals surface area contributed by atoms with E-state index in [0.29, 0.717) is 6.61 Å². The zero-order valence-corrected chi connectivity index (χ0v) is 12.1. The Morgan fingerprint density at radius 1 is 1.44 bits per heavy atom. The molecule has 0 aliphatic rings. The molecule has 3 nitrogen and oxygen atoms in total. The average Bonchev–Trinajstić information content (AvgIpc) is 2.31. The van der Waals surface area contributed by atoms with Crippen LogP contribution < -0.4 is 5.32 Å². The molecule has 1 amide bonds. The highest BCUT2D eigenvalue weighted by atomic mass is 35.5. The van der Waals surface area contributed by atoms with Gasteiger partial charge < -0.3 is 10.1 Å². The number of carbonyl (C=O) groups is 1. The highest BCUT2D eigenvalue weighted by Crippen LogP contribution is 2.33. The predicted octanol–water partition coefficient (Wildman–Crippen LogP) is 3.44. The van der Waals surface area contributed by atoms with E-state index in [4.69, 9.17) is 16.3 Å². The van der Waals surface area contributed by atoms with Crippen molar-refractivity contribution in [2.24, 2.45) is 0 Å². The minimum Gasteiger partial charge on any atom is -0.371 e. The van der Waals surface area contributed by atoms with Gasteiger partial charge in [0.1, 0.15) is 5.88 Å². The Morgan fingerprint density at radius 2 is 2.11 bits per heavy atom. The number of aryl methyl sites for hydroxylation is 1. The van der Waals surface area contributed by atoms with Crippen molar-refractivity contribution in [1.82, 2.24) is 0 Å². The Labute approximate surface area is 113 Å². The van der Waals surface area contributed by atoms with Crippen LogP contribution in [-0.4, -0.2) is 18.4 Å². The van der Waals surface area contributed by atoms with Crippen molar-refractivity contribution >= 4 is 23.2 Å². The molecule has 0 atom stereocenters. The van der Waals surface area contributed by atoms with E-state index >= 15 is 0 Å². The SMILES string of the molecule is CCOC(C)(C)c1cccc(C)c1NC(=O)CCl. The minimum absolute atomic E-state index is 0.0527. The molecule has 0 spiro atoms. The molecule has 4 heteroatoms. The lowest BCUT2D eigenvalue weighted by Crippen LogP contribution is -2.25. The average molecular weight is 270 g/mol. The van der Waals surface area contributed by atoms with Crippen LogP contribution >= 0.6 is 11.6 Å². The van der Waals surface area contributed by atoms with Gasteiger partial charge in [-0.3, -0.25) is 4.79 Å². The Morgan fingerprint density at radius 3 is 2.67 bits per heavy atom. The lowest BCUT2D eigenvalue weighted by atomic mass is 9.93. The summed E-state index contributed by atoms with van der Waals surface area (Å²) in [7, 11) is 0. The second-order valence-corrected chi connectivity index (χ2v) is 4.89. The van der Waals surface area contributed by atoms with E-state index in [2.05, 4.69) is 5.32 Å². The number of para-hydroxylation sites is 1. The highest BCUT2D eigenvalue weighted by molar-refractivity contribution is 6.29. The normalized spacial score (nSPS) is 11.4. The van der Waals surface area contributed by atoms with Gasteiger partial charge in [-0.2, -0.15) is 0 Å². The quantitative estimate of drug-likeness (QED) is 0.832. The predicted molar refractivity (Wildman–Crippen MR) is 75.2 cm³/mol. The van der Waals surface area contributed by atoms with Crippen LogP contribution in [0.4, 0.5) is 5.69 Å². The van der Waals surface area contributed by atoms with E-state index in [-0.39, 0.29) is 11.8 Å². The Balaban J connectivity index is 3.19. The maximum Gasteiger partial charge on any atom is 0.239 e. The van der Waals surface area contributed by atoms with Crippen LogP contribution in [-0.2, 0) is 15.1 Å². The Bertz CT molecular complexity index is 430. The molecule has 1 aromatic rings. The zero-order valence-electron chi connectivity index (χ0n) is 11.3. The molecule has 18 heavy (non-hydrogen) atoms. The molecule has 0 aromatic heterocycles. The van der Waals surface area contributed by atoms with Gasteiger partial charge in [-0.1, -0.05) is 18.2 Å². The molecule has 0 radical (unpaired) electrons. The molecule has 0 fully saturated rings. The number of hydrogen-bond acceptors (Lipinski definition) is 2. The summed E-state index contributed by atoms with van der Waals surface area (Å²) in [4.78, 5) is 11.5. The first-order valence-electron chi connectivity index (χ1n) is 6.02. The summed E-state index contributed by atoms with van der Waals surface area (Å²) in [6.07, 6.45) is 0. The number of ether oxygens (including phenoxy) is 1. The summed E-state index contributed by atoms with van der Waals surface area (Å²) in [5, 5.41) is 2.84. The van der Waals surface area contributed by atoms with Gasteiger partial charge in [0.15, 0.2) is 0 Å². The fourth-order valence-electron chi connectivity index (χ4n) is 1.95. The van der Waals surface area contributed by atoms with Crippen molar-refractivity contribution in [3.63, 3.8) is 0 Å². The highest BCUT2D eigenvalue weighted by Gasteiger charge is 2.25. The number of halogens is 1. The van der Waals surface area contributed by atoms with Gasteiger partial charge >= 0.3 is 0 Å². The molecule has 100 valence electrons. The van der Waals surface area contributed by atoms with Crippen molar-refractivity contribution in [3.8, 4) is 0 Å². The molecule has 0 bridgehead atoms. The largest absolute Gasteiger partial charge is 0.371 e. The third-order valence-electron chi connectivity index (χ3n) is 2.81. The lowest BCUT2D eigenvalue weighted by Gasteiger charge is -2.28. The first-order valence-corrected chi connectivity index (χ1v) is 6.55. The molecule has 1 aromatic carbocycles. The van der Waals surface area contributed by atoms with Gasteiger partial charge in [-0.05, 0) is 33.3 Å². The van der Waals surface area contributed by atoms with E-state index in [9.17, 15) is 4.79 Å². The third-order valence-corrected chi connectivity index (χ3v) is 3.06. The number of alkyl halides is 1. The van der Waals surface area contributed by atoms with Crippen LogP contribution in [0, 0.1) is 6.92 Å². The number of anilines is 1. The van der Waals surface area contributed by atoms with Crippen molar-refractivity contribution in [1.29, 1.82) is 0 Å². The maximum atomic E-state index is 11.5. The van der Waals surface area contributed by atoms with Crippen molar-refractivity contribution < 1.29 is 9.53 Å². The van der Waals surface area contributed by atoms with E-state index in [0.717, 1.165) is 16.8 Å². The monoisotopic (exact) mass is 269 g/mol. The number of nitrogens with one attached hydrogen (secondary N) is 1. The molecule has 0 saturated carbocycles. The molecule has 0 heterocycles. The number of rotatable bonds is 5. The Kier molecular flexibility index (Phi) is 5.17. The summed E-state index contributed by atoms with van der Waals surface area (Å²) < 4.78 is 5.74. The van der Waals surface area contributed by atoms with Gasteiger partial charge in [-0.15, -0.1) is 11.6 Å². The summed E-state index contributed by atoms with van der Waals surface area (Å²) in [6.45, 7) is 8.50. The van der Waals surface area contributed by atoms with E-state index in [1.807, 2.05) is 45.9 Å². The summed E-state index contributed by atoms with van der Waals surface area (Å²) in [6, 6.07) is 5.88. The van der Waals surface area contributed by atoms with Crippen LogP contribution in [0.1, 0.15) is 31.9 Å². The van der Waals surface area contributed by atoms with Gasteiger partial charge in [0.05, 0.1) is 5.60 Å². The smallest absolute Gasteiger partial charge is 0.239 e. The van der Waals surface area contributed by atoms with Gasteiger partial charge in [0.2, 0.25) is 5.91 Å². The van der Waals surface area contributed by atoms with Gasteiger partial charge in [-0.25, -0.2) is 0 Å². The Hall–Kier alpha value is -1.06. The van der Waals surface area contributed by atoms with Crippen LogP contribution in [0.25, 0.3) is 0 Å². The summed E-state index contributed by atoms with van der Waals surface area (Å²) in [5.41, 5.74) is 2.30. The first-order chi connectivity index (χ1) is 8.42. The van der Waals surface area contributed by atoms with Crippen molar-refractivity contribution in [2.75, 3.05) is 17.8 Å². The van der Waals surface area contributed by atoms with Crippen molar-refractivity contribution in [3.05, 3.63) is 29.3 Å². The number of benzene rings is 1. The summed E-state index contributed by atoms with van der Waals surface area (Å²) >= 11 is 5.54. The maximum absolute atomic E-state index is 11.5. The molecule has 1 N–H and O–H groups in total. The third kappa shape index (κ3) is 3.47. The minimum atomic E-state index is -0.449. The van der Waals surface area contributed by atoms with E-state index in [1.165, 1.54) is 0 Å². The van der Waals surface area contributed by atoms with Crippen LogP contribution in [0.3, 0.4) is 0 Å². The van der Waals surface area contributed by atoms with Crippen LogP contribution in [0.5, 0.6) is 0 Å². The number of carbonyl (C=O) groups excluding carboxylic acids is 1. The number of hydrogen-bond donors (Lipinski definition) is 1. The lowest BCUT2D eigenvalue weighted by molar-refractivity contribution is -0.113. The second kappa shape index (κ2) is 6.21. The van der Waals surface area contributed by atoms with E-state index < -0.39 is 5.60 Å². The molecular weight excluding hydrogens is 250 g/mol. The van der Waals surface area contributed by atoms with Crippen LogP contribution in [0.15, 0.2) is 18.2 Å². The second-order valence-electron chi connectivity index (χ2n) is 4.62. The fraction of sp³-hybridized carbons (Fsp3) is 0.500. The van der Waals surface area contributed by atoms with Gasteiger partial charge in [0.25, 0.3) is 0 Å². The van der Waals surface area contributed by atoms with Crippen LogP contribution in [0.2, 0.25) is 0 Å². The van der Waals surface area contributed by atoms with E-state index in [1.54, 1.807) is 0 Å². The molecule has 0 aliphatic carbocycles. The molecular formula is C14H20ClNO2. The van der Waals surface area contributed by atoms with Crippen molar-refractivity contribution in [2.45, 2.75) is 33.3 Å². The fourth-order valence-corrected chi connectivity index (χ4v) is 2.01. The zero-order chi connectivity index (χ0) is 13.8. The van der Waals surface area contributed by atoms with Gasteiger partial charge in [0, 0.05) is 17.9 Å². The molecule has 0 aliphatic heterocycles. The topological polar surface area (TPSA) is 38.3 Å². The first kappa shape index (κ1) is 15.0. The molecule has 1 rings (SSSR count). The standard InChI is InChI=1S/C14H20ClNO2/c1-5-18-14(3,4)11-8-6-7-10(2)13(11)16-12(17)9-15/h6-8H,5,9H2,1-4H3,(H,16,17). The number of amides is 1. The molecule has 0 unspecified atom stereocenters. The summed E-state index contributed by atoms with van der Waals surface area (Å²) in [5.74, 6) is -0.262.